The number of furan rings is 1. The molecule has 1 heterocycles. The van der Waals surface area contributed by atoms with E-state index in [9.17, 15) is 4.79 Å². The van der Waals surface area contributed by atoms with Gasteiger partial charge in [-0.1, -0.05) is 20.3 Å². The molecule has 1 rings (SSSR count). The third-order valence-corrected chi connectivity index (χ3v) is 3.29. The Morgan fingerprint density at radius 1 is 1.59 bits per heavy atom. The topological polar surface area (TPSA) is 59.5 Å². The number of hydrogen-bond acceptors (Lipinski definition) is 3. The maximum atomic E-state index is 12.1. The highest BCUT2D eigenvalue weighted by atomic mass is 16.3. The summed E-state index contributed by atoms with van der Waals surface area (Å²) < 4.78 is 5.21. The van der Waals surface area contributed by atoms with E-state index < -0.39 is 6.04 Å². The SMILES string of the molecule is CCC(C)C(N)C(=O)N(C)Cc1ccoc1C. The first-order valence-electron chi connectivity index (χ1n) is 6.00. The summed E-state index contributed by atoms with van der Waals surface area (Å²) in [7, 11) is 1.77. The van der Waals surface area contributed by atoms with E-state index in [4.69, 9.17) is 10.2 Å². The van der Waals surface area contributed by atoms with Crippen LogP contribution in [0.3, 0.4) is 0 Å². The zero-order chi connectivity index (χ0) is 13.0. The van der Waals surface area contributed by atoms with Crippen molar-refractivity contribution in [2.24, 2.45) is 11.7 Å². The molecule has 1 aromatic rings. The Balaban J connectivity index is 2.61. The fourth-order valence-electron chi connectivity index (χ4n) is 1.66. The molecule has 0 radical (unpaired) electrons. The van der Waals surface area contributed by atoms with Crippen LogP contribution < -0.4 is 5.73 Å². The molecule has 0 aliphatic rings. The van der Waals surface area contributed by atoms with E-state index in [1.165, 1.54) is 0 Å². The molecule has 4 nitrogen and oxygen atoms in total. The highest BCUT2D eigenvalue weighted by Crippen LogP contribution is 2.13. The quantitative estimate of drug-likeness (QED) is 0.852. The van der Waals surface area contributed by atoms with Crippen LogP contribution in [0.25, 0.3) is 0 Å². The second-order valence-corrected chi connectivity index (χ2v) is 4.61. The lowest BCUT2D eigenvalue weighted by molar-refractivity contribution is -0.132. The van der Waals surface area contributed by atoms with Crippen molar-refractivity contribution in [3.63, 3.8) is 0 Å². The van der Waals surface area contributed by atoms with Crippen molar-refractivity contribution in [3.05, 3.63) is 23.7 Å². The summed E-state index contributed by atoms with van der Waals surface area (Å²) in [6, 6.07) is 1.46. The molecule has 0 saturated heterocycles. The van der Waals surface area contributed by atoms with Gasteiger partial charge in [0.1, 0.15) is 5.76 Å². The van der Waals surface area contributed by atoms with Crippen molar-refractivity contribution in [1.29, 1.82) is 0 Å². The molecule has 2 N–H and O–H groups in total. The predicted molar refractivity (Wildman–Crippen MR) is 67.3 cm³/mol. The van der Waals surface area contributed by atoms with Gasteiger partial charge in [0.15, 0.2) is 0 Å². The van der Waals surface area contributed by atoms with Gasteiger partial charge in [0, 0.05) is 19.2 Å². The average molecular weight is 238 g/mol. The van der Waals surface area contributed by atoms with Crippen LogP contribution in [0.2, 0.25) is 0 Å². The molecule has 1 aromatic heterocycles. The van der Waals surface area contributed by atoms with Crippen LogP contribution in [-0.2, 0) is 11.3 Å². The number of rotatable bonds is 5. The smallest absolute Gasteiger partial charge is 0.239 e. The molecule has 2 unspecified atom stereocenters. The van der Waals surface area contributed by atoms with Gasteiger partial charge < -0.3 is 15.1 Å². The zero-order valence-corrected chi connectivity index (χ0v) is 11.1. The van der Waals surface area contributed by atoms with Gasteiger partial charge in [0.25, 0.3) is 0 Å². The minimum Gasteiger partial charge on any atom is -0.469 e. The zero-order valence-electron chi connectivity index (χ0n) is 11.1. The van der Waals surface area contributed by atoms with E-state index in [0.29, 0.717) is 6.54 Å². The second kappa shape index (κ2) is 5.87. The lowest BCUT2D eigenvalue weighted by Gasteiger charge is -2.24. The molecule has 2 atom stereocenters. The number of nitrogens with zero attached hydrogens (tertiary/aromatic N) is 1. The van der Waals surface area contributed by atoms with Crippen LogP contribution in [0, 0.1) is 12.8 Å². The van der Waals surface area contributed by atoms with Crippen LogP contribution in [0.5, 0.6) is 0 Å². The minimum absolute atomic E-state index is 0.0139. The van der Waals surface area contributed by atoms with Gasteiger partial charge in [0.2, 0.25) is 5.91 Å². The minimum atomic E-state index is -0.419. The molecule has 0 saturated carbocycles. The molecule has 96 valence electrons. The molecule has 0 spiro atoms. The number of carbonyl (C=O) groups is 1. The van der Waals surface area contributed by atoms with Gasteiger partial charge in [-0.3, -0.25) is 4.79 Å². The summed E-state index contributed by atoms with van der Waals surface area (Å²) in [4.78, 5) is 13.7. The second-order valence-electron chi connectivity index (χ2n) is 4.61. The molecule has 1 amide bonds. The summed E-state index contributed by atoms with van der Waals surface area (Å²) in [5.41, 5.74) is 6.95. The standard InChI is InChI=1S/C13H22N2O2/c1-5-9(2)12(14)13(16)15(4)8-11-6-7-17-10(11)3/h6-7,9,12H,5,8,14H2,1-4H3. The molecule has 0 aliphatic carbocycles. The summed E-state index contributed by atoms with van der Waals surface area (Å²) in [6.45, 7) is 6.48. The van der Waals surface area contributed by atoms with E-state index in [0.717, 1.165) is 17.7 Å². The Kier molecular flexibility index (Phi) is 4.75. The Hall–Kier alpha value is -1.29. The number of hydrogen-bond donors (Lipinski definition) is 1. The van der Waals surface area contributed by atoms with Gasteiger partial charge in [-0.15, -0.1) is 0 Å². The van der Waals surface area contributed by atoms with Crippen molar-refractivity contribution in [2.45, 2.75) is 39.8 Å². The van der Waals surface area contributed by atoms with Crippen molar-refractivity contribution >= 4 is 5.91 Å². The van der Waals surface area contributed by atoms with E-state index in [1.54, 1.807) is 18.2 Å². The summed E-state index contributed by atoms with van der Waals surface area (Å²) in [5.74, 6) is 1.04. The van der Waals surface area contributed by atoms with E-state index in [1.807, 2.05) is 26.8 Å². The molecule has 4 heteroatoms. The Morgan fingerprint density at radius 3 is 2.71 bits per heavy atom. The number of likely N-dealkylation sites (N-methyl/N-ethyl adjacent to an activating group) is 1. The van der Waals surface area contributed by atoms with Gasteiger partial charge in [-0.25, -0.2) is 0 Å². The Bertz CT molecular complexity index is 373. The fourth-order valence-corrected chi connectivity index (χ4v) is 1.66. The lowest BCUT2D eigenvalue weighted by Crippen LogP contribution is -2.45. The molecule has 17 heavy (non-hydrogen) atoms. The lowest BCUT2D eigenvalue weighted by atomic mass is 9.99. The molecule has 0 fully saturated rings. The van der Waals surface area contributed by atoms with Crippen molar-refractivity contribution in [2.75, 3.05) is 7.05 Å². The largest absolute Gasteiger partial charge is 0.469 e. The number of amides is 1. The van der Waals surface area contributed by atoms with Crippen LogP contribution in [0.15, 0.2) is 16.7 Å². The number of aryl methyl sites for hydroxylation is 1. The first kappa shape index (κ1) is 13.8. The van der Waals surface area contributed by atoms with E-state index >= 15 is 0 Å². The van der Waals surface area contributed by atoms with Crippen LogP contribution >= 0.6 is 0 Å². The molecular weight excluding hydrogens is 216 g/mol. The van der Waals surface area contributed by atoms with Crippen molar-refractivity contribution in [1.82, 2.24) is 4.90 Å². The molecular formula is C13H22N2O2. The molecule has 0 bridgehead atoms. The van der Waals surface area contributed by atoms with E-state index in [-0.39, 0.29) is 11.8 Å². The number of carbonyl (C=O) groups excluding carboxylic acids is 1. The van der Waals surface area contributed by atoms with Crippen molar-refractivity contribution in [3.8, 4) is 0 Å². The first-order valence-corrected chi connectivity index (χ1v) is 6.00. The van der Waals surface area contributed by atoms with E-state index in [2.05, 4.69) is 0 Å². The van der Waals surface area contributed by atoms with Crippen LogP contribution in [0.1, 0.15) is 31.6 Å². The monoisotopic (exact) mass is 238 g/mol. The van der Waals surface area contributed by atoms with Crippen LogP contribution in [-0.4, -0.2) is 23.9 Å². The predicted octanol–water partition coefficient (Wildman–Crippen LogP) is 1.92. The maximum Gasteiger partial charge on any atom is 0.239 e. The van der Waals surface area contributed by atoms with Gasteiger partial charge in [-0.2, -0.15) is 0 Å². The Morgan fingerprint density at radius 2 is 2.24 bits per heavy atom. The third-order valence-electron chi connectivity index (χ3n) is 3.29. The number of nitrogens with two attached hydrogens (primary N) is 1. The highest BCUT2D eigenvalue weighted by Gasteiger charge is 2.23. The summed E-state index contributed by atoms with van der Waals surface area (Å²) >= 11 is 0. The summed E-state index contributed by atoms with van der Waals surface area (Å²) in [5, 5.41) is 0. The molecule has 0 aromatic carbocycles. The van der Waals surface area contributed by atoms with Crippen molar-refractivity contribution < 1.29 is 9.21 Å². The average Bonchev–Trinajstić information content (AvgIpc) is 2.72. The van der Waals surface area contributed by atoms with Gasteiger partial charge in [0.05, 0.1) is 12.3 Å². The van der Waals surface area contributed by atoms with Crippen LogP contribution in [0.4, 0.5) is 0 Å². The maximum absolute atomic E-state index is 12.1. The summed E-state index contributed by atoms with van der Waals surface area (Å²) in [6.07, 6.45) is 2.54. The fraction of sp³-hybridized carbons (Fsp3) is 0.615. The Labute approximate surface area is 103 Å². The highest BCUT2D eigenvalue weighted by molar-refractivity contribution is 5.81. The van der Waals surface area contributed by atoms with Gasteiger partial charge in [-0.05, 0) is 18.9 Å². The molecule has 0 aliphatic heterocycles. The van der Waals surface area contributed by atoms with Gasteiger partial charge >= 0.3 is 0 Å². The normalized spacial score (nSPS) is 14.4. The first-order chi connectivity index (χ1) is 7.97. The third kappa shape index (κ3) is 3.33.